The van der Waals surface area contributed by atoms with Crippen molar-refractivity contribution in [2.24, 2.45) is 5.73 Å². The Morgan fingerprint density at radius 2 is 1.61 bits per heavy atom. The summed E-state index contributed by atoms with van der Waals surface area (Å²) in [6.07, 6.45) is 0.571. The number of carbonyl (C=O) groups excluding carboxylic acids is 1. The van der Waals surface area contributed by atoms with Gasteiger partial charge in [0.1, 0.15) is 16.2 Å². The van der Waals surface area contributed by atoms with Gasteiger partial charge in [0, 0.05) is 6.04 Å². The molecule has 0 aliphatic heterocycles. The monoisotopic (exact) mass is 405 g/mol. The van der Waals surface area contributed by atoms with Crippen molar-refractivity contribution in [3.05, 3.63) is 59.7 Å². The molecule has 2 aromatic carbocycles. The summed E-state index contributed by atoms with van der Waals surface area (Å²) in [6.45, 7) is 7.29. The van der Waals surface area contributed by atoms with Crippen molar-refractivity contribution in [1.29, 1.82) is 0 Å². The summed E-state index contributed by atoms with van der Waals surface area (Å²) in [5, 5.41) is 0. The molecule has 152 valence electrons. The molecule has 2 N–H and O–H groups in total. The highest BCUT2D eigenvalue weighted by molar-refractivity contribution is 7.87. The summed E-state index contributed by atoms with van der Waals surface area (Å²) in [4.78, 5) is 11.9. The maximum Gasteiger partial charge on any atom is 0.339 e. The lowest BCUT2D eigenvalue weighted by Gasteiger charge is -2.21. The van der Waals surface area contributed by atoms with Gasteiger partial charge in [0.05, 0.1) is 6.42 Å². The van der Waals surface area contributed by atoms with Crippen LogP contribution < -0.4 is 9.92 Å². The van der Waals surface area contributed by atoms with E-state index in [1.807, 2.05) is 6.92 Å². The first-order chi connectivity index (χ1) is 12.9. The van der Waals surface area contributed by atoms with Crippen molar-refractivity contribution in [1.82, 2.24) is 0 Å². The number of nitrogens with two attached hydrogens (primary N) is 1. The van der Waals surface area contributed by atoms with Crippen molar-refractivity contribution < 1.29 is 22.1 Å². The van der Waals surface area contributed by atoms with Crippen molar-refractivity contribution in [2.75, 3.05) is 0 Å². The Hall–Kier alpha value is -2.38. The molecule has 2 rings (SSSR count). The topological polar surface area (TPSA) is 95.7 Å². The maximum atomic E-state index is 12.3. The van der Waals surface area contributed by atoms with Gasteiger partial charge < -0.3 is 14.7 Å². The molecule has 0 aromatic heterocycles. The number of hydrogen-bond acceptors (Lipinski definition) is 6. The highest BCUT2D eigenvalue weighted by Crippen LogP contribution is 2.20. The van der Waals surface area contributed by atoms with Gasteiger partial charge in [0.25, 0.3) is 0 Å². The molecule has 0 fully saturated rings. The second-order valence-corrected chi connectivity index (χ2v) is 9.30. The van der Waals surface area contributed by atoms with Crippen LogP contribution in [0.4, 0.5) is 0 Å². The zero-order valence-electron chi connectivity index (χ0n) is 16.6. The zero-order valence-corrected chi connectivity index (χ0v) is 17.5. The minimum atomic E-state index is -3.89. The highest BCUT2D eigenvalue weighted by atomic mass is 32.2. The molecule has 0 radical (unpaired) electrons. The predicted molar refractivity (Wildman–Crippen MR) is 108 cm³/mol. The lowest BCUT2D eigenvalue weighted by atomic mass is 10.0. The molecular weight excluding hydrogens is 378 g/mol. The number of hydrogen-bond donors (Lipinski definition) is 1. The van der Waals surface area contributed by atoms with Gasteiger partial charge in [-0.05, 0) is 63.9 Å². The van der Waals surface area contributed by atoms with Crippen LogP contribution in [0.5, 0.6) is 5.75 Å². The third-order valence-electron chi connectivity index (χ3n) is 3.79. The molecule has 0 spiro atoms. The molecule has 0 aliphatic rings. The van der Waals surface area contributed by atoms with E-state index in [9.17, 15) is 13.2 Å². The SMILES string of the molecule is Cc1ccc(S(=O)(=O)Oc2ccc(CC(N)CC(=O)OC(C)(C)C)cc2)cc1. The molecular formula is C21H27NO5S. The van der Waals surface area contributed by atoms with Crippen LogP contribution >= 0.6 is 0 Å². The molecule has 0 bridgehead atoms. The van der Waals surface area contributed by atoms with Crippen molar-refractivity contribution >= 4 is 16.1 Å². The van der Waals surface area contributed by atoms with E-state index in [1.165, 1.54) is 12.1 Å². The average Bonchev–Trinajstić information content (AvgIpc) is 2.55. The van der Waals surface area contributed by atoms with E-state index >= 15 is 0 Å². The predicted octanol–water partition coefficient (Wildman–Crippen LogP) is 3.36. The van der Waals surface area contributed by atoms with Crippen LogP contribution in [-0.2, 0) is 26.1 Å². The Bertz CT molecular complexity index is 897. The molecule has 6 nitrogen and oxygen atoms in total. The molecule has 0 saturated heterocycles. The first-order valence-electron chi connectivity index (χ1n) is 9.02. The van der Waals surface area contributed by atoms with E-state index in [0.717, 1.165) is 11.1 Å². The van der Waals surface area contributed by atoms with Crippen LogP contribution in [0.2, 0.25) is 0 Å². The van der Waals surface area contributed by atoms with Crippen molar-refractivity contribution in [2.45, 2.75) is 57.1 Å². The van der Waals surface area contributed by atoms with Gasteiger partial charge in [-0.25, -0.2) is 0 Å². The van der Waals surface area contributed by atoms with Gasteiger partial charge in [-0.2, -0.15) is 8.42 Å². The fourth-order valence-corrected chi connectivity index (χ4v) is 3.46. The average molecular weight is 406 g/mol. The summed E-state index contributed by atoms with van der Waals surface area (Å²) in [6, 6.07) is 12.7. The van der Waals surface area contributed by atoms with Gasteiger partial charge >= 0.3 is 16.1 Å². The Kier molecular flexibility index (Phi) is 6.85. The summed E-state index contributed by atoms with van der Waals surface area (Å²) in [5.41, 5.74) is 7.32. The number of aryl methyl sites for hydroxylation is 1. The Morgan fingerprint density at radius 3 is 2.14 bits per heavy atom. The summed E-state index contributed by atoms with van der Waals surface area (Å²) < 4.78 is 35.1. The molecule has 1 atom stereocenters. The Labute approximate surface area is 166 Å². The quantitative estimate of drug-likeness (QED) is 0.560. The maximum absolute atomic E-state index is 12.3. The van der Waals surface area contributed by atoms with E-state index < -0.39 is 21.8 Å². The second kappa shape index (κ2) is 8.75. The summed E-state index contributed by atoms with van der Waals surface area (Å²) >= 11 is 0. The fourth-order valence-electron chi connectivity index (χ4n) is 2.53. The van der Waals surface area contributed by atoms with Gasteiger partial charge in [-0.15, -0.1) is 0 Å². The lowest BCUT2D eigenvalue weighted by Crippen LogP contribution is -2.31. The molecule has 28 heavy (non-hydrogen) atoms. The first kappa shape index (κ1) is 21.9. The molecule has 2 aromatic rings. The van der Waals surface area contributed by atoms with E-state index in [-0.39, 0.29) is 23.0 Å². The van der Waals surface area contributed by atoms with E-state index in [4.69, 9.17) is 14.7 Å². The summed E-state index contributed by atoms with van der Waals surface area (Å²) in [5.74, 6) is -0.130. The molecule has 1 unspecified atom stereocenters. The van der Waals surface area contributed by atoms with Crippen LogP contribution in [0.25, 0.3) is 0 Å². The van der Waals surface area contributed by atoms with E-state index in [0.29, 0.717) is 6.42 Å². The lowest BCUT2D eigenvalue weighted by molar-refractivity contribution is -0.155. The van der Waals surface area contributed by atoms with Crippen LogP contribution in [-0.4, -0.2) is 26.0 Å². The third-order valence-corrected chi connectivity index (χ3v) is 5.05. The first-order valence-corrected chi connectivity index (χ1v) is 10.4. The molecule has 0 saturated carbocycles. The van der Waals surface area contributed by atoms with Crippen LogP contribution in [0.3, 0.4) is 0 Å². The van der Waals surface area contributed by atoms with Crippen LogP contribution in [0.1, 0.15) is 38.3 Å². The second-order valence-electron chi connectivity index (χ2n) is 7.75. The van der Waals surface area contributed by atoms with E-state index in [2.05, 4.69) is 0 Å². The largest absolute Gasteiger partial charge is 0.460 e. The van der Waals surface area contributed by atoms with Gasteiger partial charge in [0.15, 0.2) is 0 Å². The smallest absolute Gasteiger partial charge is 0.339 e. The zero-order chi connectivity index (χ0) is 20.9. The highest BCUT2D eigenvalue weighted by Gasteiger charge is 2.19. The minimum absolute atomic E-state index is 0.0987. The number of carbonyl (C=O) groups is 1. The van der Waals surface area contributed by atoms with Crippen LogP contribution in [0, 0.1) is 6.92 Å². The van der Waals surface area contributed by atoms with Crippen molar-refractivity contribution in [3.8, 4) is 5.75 Å². The molecule has 7 heteroatoms. The number of esters is 1. The normalized spacial score (nSPS) is 13.0. The standard InChI is InChI=1S/C21H27NO5S/c1-15-5-11-19(12-6-15)28(24,25)27-18-9-7-16(8-10-18)13-17(22)14-20(23)26-21(2,3)4/h5-12,17H,13-14,22H2,1-4H3. The van der Waals surface area contributed by atoms with Gasteiger partial charge in [0.2, 0.25) is 0 Å². The summed E-state index contributed by atoms with van der Waals surface area (Å²) in [7, 11) is -3.89. The molecule has 0 aliphatic carbocycles. The fraction of sp³-hybridized carbons (Fsp3) is 0.381. The minimum Gasteiger partial charge on any atom is -0.460 e. The van der Waals surface area contributed by atoms with E-state index in [1.54, 1.807) is 57.2 Å². The van der Waals surface area contributed by atoms with Gasteiger partial charge in [-0.3, -0.25) is 4.79 Å². The van der Waals surface area contributed by atoms with Crippen LogP contribution in [0.15, 0.2) is 53.4 Å². The van der Waals surface area contributed by atoms with Gasteiger partial charge in [-0.1, -0.05) is 29.8 Å². The Morgan fingerprint density at radius 1 is 1.04 bits per heavy atom. The third kappa shape index (κ3) is 6.98. The molecule has 0 heterocycles. The Balaban J connectivity index is 1.96. The molecule has 0 amide bonds. The number of benzene rings is 2. The van der Waals surface area contributed by atoms with Crippen molar-refractivity contribution in [3.63, 3.8) is 0 Å². The number of ether oxygens (including phenoxy) is 1. The number of rotatable bonds is 7.